The van der Waals surface area contributed by atoms with Gasteiger partial charge in [-0.2, -0.15) is 0 Å². The third kappa shape index (κ3) is 5.23. The zero-order chi connectivity index (χ0) is 28.2. The summed E-state index contributed by atoms with van der Waals surface area (Å²) in [6.07, 6.45) is 0.451. The summed E-state index contributed by atoms with van der Waals surface area (Å²) in [5.74, 6) is 0.101. The van der Waals surface area contributed by atoms with Gasteiger partial charge in [-0.15, -0.1) is 0 Å². The largest absolute Gasteiger partial charge is 0.487 e. The number of β-amino-alcohol motifs (C(OH)–C–C–N with tert-alkyl or cyclic N) is 1. The van der Waals surface area contributed by atoms with Crippen molar-refractivity contribution in [3.8, 4) is 5.75 Å². The third-order valence-corrected chi connectivity index (χ3v) is 8.51. The molecule has 208 valence electrons. The van der Waals surface area contributed by atoms with Gasteiger partial charge in [-0.05, 0) is 75.4 Å². The van der Waals surface area contributed by atoms with Gasteiger partial charge in [0.15, 0.2) is 6.29 Å². The number of benzene rings is 3. The van der Waals surface area contributed by atoms with Gasteiger partial charge in [-0.25, -0.2) is 0 Å². The normalized spacial score (nSPS) is 24.8. The molecule has 1 saturated carbocycles. The average Bonchev–Trinajstić information content (AvgIpc) is 3.54. The molecule has 2 aliphatic rings. The fraction of sp³-hybridized carbons (Fsp3) is 0.485. The monoisotopic (exact) mass is 531 g/mol. The van der Waals surface area contributed by atoms with Crippen molar-refractivity contribution in [2.45, 2.75) is 82.8 Å². The maximum atomic E-state index is 11.9. The van der Waals surface area contributed by atoms with E-state index in [0.29, 0.717) is 12.8 Å². The minimum absolute atomic E-state index is 0.154. The van der Waals surface area contributed by atoms with E-state index in [1.54, 1.807) is 0 Å². The second-order valence-electron chi connectivity index (χ2n) is 12.6. The maximum Gasteiger partial charge on any atom is 0.152 e. The molecule has 1 fully saturated rings. The minimum atomic E-state index is -1.43. The fourth-order valence-corrected chi connectivity index (χ4v) is 6.48. The van der Waals surface area contributed by atoms with Gasteiger partial charge in [-0.1, -0.05) is 54.6 Å². The van der Waals surface area contributed by atoms with Crippen LogP contribution in [0.5, 0.6) is 5.75 Å². The van der Waals surface area contributed by atoms with E-state index >= 15 is 0 Å². The van der Waals surface area contributed by atoms with Crippen molar-refractivity contribution in [3.05, 3.63) is 76.9 Å². The van der Waals surface area contributed by atoms with Crippen molar-refractivity contribution in [2.24, 2.45) is 5.92 Å². The highest BCUT2D eigenvalue weighted by Gasteiger charge is 2.74. The molecule has 4 unspecified atom stereocenters. The van der Waals surface area contributed by atoms with E-state index in [2.05, 4.69) is 55.6 Å². The molecular weight excluding hydrogens is 490 g/mol. The Bertz CT molecular complexity index is 1380. The van der Waals surface area contributed by atoms with E-state index in [0.717, 1.165) is 28.9 Å². The fourth-order valence-electron chi connectivity index (χ4n) is 6.48. The van der Waals surface area contributed by atoms with Crippen molar-refractivity contribution in [3.63, 3.8) is 0 Å². The highest BCUT2D eigenvalue weighted by molar-refractivity contribution is 5.83. The first-order chi connectivity index (χ1) is 18.4. The predicted molar refractivity (Wildman–Crippen MR) is 153 cm³/mol. The van der Waals surface area contributed by atoms with E-state index in [9.17, 15) is 15.0 Å². The standard InChI is InChI=1S/C33H41NO5/c1-20-11-14-26(27-28-30(33(28,37)19-35)32(5,6)39-29(20)27)21(2)38-18-25(36)17-34-31(3,4)16-22-12-13-23-9-7-8-10-24(23)15-22/h7-15,19,21,25,28,30,34,36-37H,16-18H2,1-6H3/t21?,25-,28?,30?,33?/m1/s1. The Balaban J connectivity index is 1.21. The van der Waals surface area contributed by atoms with Crippen LogP contribution in [0.2, 0.25) is 0 Å². The summed E-state index contributed by atoms with van der Waals surface area (Å²) < 4.78 is 12.5. The number of hydrogen-bond donors (Lipinski definition) is 3. The number of ether oxygens (including phenoxy) is 2. The lowest BCUT2D eigenvalue weighted by Gasteiger charge is -2.34. The predicted octanol–water partition coefficient (Wildman–Crippen LogP) is 5.01. The van der Waals surface area contributed by atoms with Gasteiger partial charge in [0.1, 0.15) is 17.0 Å². The molecule has 3 N–H and O–H groups in total. The van der Waals surface area contributed by atoms with Crippen LogP contribution in [-0.4, -0.2) is 52.5 Å². The van der Waals surface area contributed by atoms with Gasteiger partial charge in [-0.3, -0.25) is 0 Å². The molecule has 0 amide bonds. The van der Waals surface area contributed by atoms with Gasteiger partial charge in [0.2, 0.25) is 0 Å². The number of aliphatic hydroxyl groups is 2. The van der Waals surface area contributed by atoms with Crippen molar-refractivity contribution in [2.75, 3.05) is 13.2 Å². The smallest absolute Gasteiger partial charge is 0.152 e. The summed E-state index contributed by atoms with van der Waals surface area (Å²) in [6.45, 7) is 12.6. The Kier molecular flexibility index (Phi) is 7.13. The average molecular weight is 532 g/mol. The number of aldehydes is 1. The van der Waals surface area contributed by atoms with Crippen LogP contribution in [0.25, 0.3) is 10.8 Å². The summed E-state index contributed by atoms with van der Waals surface area (Å²) in [6, 6.07) is 18.9. The molecule has 5 rings (SSSR count). The van der Waals surface area contributed by atoms with E-state index in [4.69, 9.17) is 9.47 Å². The van der Waals surface area contributed by atoms with Crippen LogP contribution in [0.4, 0.5) is 0 Å². The summed E-state index contributed by atoms with van der Waals surface area (Å²) in [7, 11) is 0. The maximum absolute atomic E-state index is 11.9. The van der Waals surface area contributed by atoms with Gasteiger partial charge in [0.05, 0.1) is 18.8 Å². The molecule has 1 aliphatic carbocycles. The first-order valence-electron chi connectivity index (χ1n) is 13.9. The van der Waals surface area contributed by atoms with Crippen LogP contribution in [0, 0.1) is 12.8 Å². The lowest BCUT2D eigenvalue weighted by Crippen LogP contribution is -2.46. The van der Waals surface area contributed by atoms with Crippen LogP contribution in [-0.2, 0) is 16.0 Å². The number of fused-ring (bicyclic) bond motifs is 4. The molecular formula is C33H41NO5. The topological polar surface area (TPSA) is 88.0 Å². The molecule has 6 nitrogen and oxygen atoms in total. The second-order valence-corrected chi connectivity index (χ2v) is 12.6. The number of carbonyl (C=O) groups excluding carboxylic acids is 1. The zero-order valence-corrected chi connectivity index (χ0v) is 23.8. The minimum Gasteiger partial charge on any atom is -0.487 e. The van der Waals surface area contributed by atoms with E-state index < -0.39 is 17.3 Å². The number of aliphatic hydroxyl groups excluding tert-OH is 1. The van der Waals surface area contributed by atoms with Crippen LogP contribution in [0.3, 0.4) is 0 Å². The molecule has 0 radical (unpaired) electrons. The van der Waals surface area contributed by atoms with Gasteiger partial charge >= 0.3 is 0 Å². The van der Waals surface area contributed by atoms with Crippen molar-refractivity contribution >= 4 is 17.1 Å². The summed E-state index contributed by atoms with van der Waals surface area (Å²) >= 11 is 0. The van der Waals surface area contributed by atoms with Gasteiger partial charge in [0.25, 0.3) is 0 Å². The van der Waals surface area contributed by atoms with Crippen molar-refractivity contribution in [1.29, 1.82) is 0 Å². The van der Waals surface area contributed by atoms with E-state index in [1.165, 1.54) is 16.3 Å². The number of nitrogens with one attached hydrogen (secondary N) is 1. The molecule has 0 spiro atoms. The van der Waals surface area contributed by atoms with Crippen molar-refractivity contribution < 1.29 is 24.5 Å². The highest BCUT2D eigenvalue weighted by Crippen LogP contribution is 2.67. The van der Waals surface area contributed by atoms with Gasteiger partial charge < -0.3 is 29.8 Å². The lowest BCUT2D eigenvalue weighted by molar-refractivity contribution is -0.119. The molecule has 3 aromatic rings. The Labute approximate surface area is 231 Å². The van der Waals surface area contributed by atoms with E-state index in [-0.39, 0.29) is 30.1 Å². The van der Waals surface area contributed by atoms with Crippen LogP contribution >= 0.6 is 0 Å². The Morgan fingerprint density at radius 2 is 1.85 bits per heavy atom. The summed E-state index contributed by atoms with van der Waals surface area (Å²) in [5.41, 5.74) is 1.65. The molecule has 5 atom stereocenters. The molecule has 39 heavy (non-hydrogen) atoms. The molecule has 1 aliphatic heterocycles. The molecule has 6 heteroatoms. The zero-order valence-electron chi connectivity index (χ0n) is 23.8. The number of rotatable bonds is 10. The molecule has 0 aromatic heterocycles. The Morgan fingerprint density at radius 1 is 1.13 bits per heavy atom. The first kappa shape index (κ1) is 27.8. The van der Waals surface area contributed by atoms with Crippen molar-refractivity contribution in [1.82, 2.24) is 5.32 Å². The first-order valence-corrected chi connectivity index (χ1v) is 13.9. The summed E-state index contributed by atoms with van der Waals surface area (Å²) in [5, 5.41) is 27.8. The Morgan fingerprint density at radius 3 is 2.56 bits per heavy atom. The van der Waals surface area contributed by atoms with Crippen LogP contribution in [0.1, 0.15) is 68.9 Å². The number of hydrogen-bond acceptors (Lipinski definition) is 6. The summed E-state index contributed by atoms with van der Waals surface area (Å²) in [4.78, 5) is 11.9. The molecule has 3 aromatic carbocycles. The van der Waals surface area contributed by atoms with E-state index in [1.807, 2.05) is 45.9 Å². The van der Waals surface area contributed by atoms with Crippen LogP contribution in [0.15, 0.2) is 54.6 Å². The third-order valence-electron chi connectivity index (χ3n) is 8.51. The Hall–Kier alpha value is -2.77. The molecule has 0 bridgehead atoms. The highest BCUT2D eigenvalue weighted by atomic mass is 16.5. The second kappa shape index (κ2) is 10.0. The lowest BCUT2D eigenvalue weighted by atomic mass is 9.88. The SMILES string of the molecule is Cc1ccc(C(C)OC[C@H](O)CNC(C)(C)Cc2ccc3ccccc3c2)c2c1OC(C)(C)C1C2C1(O)C=O. The number of carbonyl (C=O) groups is 1. The van der Waals surface area contributed by atoms with Crippen LogP contribution < -0.4 is 10.1 Å². The van der Waals surface area contributed by atoms with Gasteiger partial charge in [0, 0.05) is 29.5 Å². The quantitative estimate of drug-likeness (QED) is 0.319. The molecule has 0 saturated heterocycles. The number of aryl methyl sites for hydroxylation is 1. The molecule has 1 heterocycles.